The lowest BCUT2D eigenvalue weighted by Crippen LogP contribution is -2.25. The first kappa shape index (κ1) is 21.5. The summed E-state index contributed by atoms with van der Waals surface area (Å²) in [6.45, 7) is 3.65. The maximum Gasteiger partial charge on any atom is 0.262 e. The third kappa shape index (κ3) is 5.91. The fraction of sp³-hybridized carbons (Fsp3) is 0.286. The molecule has 2 aromatic carbocycles. The molecule has 0 unspecified atom stereocenters. The van der Waals surface area contributed by atoms with Crippen LogP contribution < -0.4 is 10.9 Å². The number of ether oxygens (including phenoxy) is 1. The van der Waals surface area contributed by atoms with Crippen LogP contribution in [0, 0.1) is 0 Å². The molecule has 29 heavy (non-hydrogen) atoms. The van der Waals surface area contributed by atoms with Crippen LogP contribution in [-0.4, -0.2) is 34.4 Å². The second kappa shape index (κ2) is 10.6. The topological polar surface area (TPSA) is 73.2 Å². The number of para-hydroxylation sites is 1. The van der Waals surface area contributed by atoms with Crippen LogP contribution in [0.15, 0.2) is 63.0 Å². The monoisotopic (exact) mass is 475 g/mol. The molecule has 0 aliphatic carbocycles. The molecule has 3 aromatic rings. The van der Waals surface area contributed by atoms with Gasteiger partial charge in [-0.05, 0) is 49.7 Å². The highest BCUT2D eigenvalue weighted by atomic mass is 79.9. The van der Waals surface area contributed by atoms with Gasteiger partial charge in [-0.2, -0.15) is 0 Å². The van der Waals surface area contributed by atoms with Crippen molar-refractivity contribution in [3.63, 3.8) is 0 Å². The van der Waals surface area contributed by atoms with Crippen LogP contribution in [0.1, 0.15) is 13.3 Å². The minimum Gasteiger partial charge on any atom is -0.382 e. The molecular weight excluding hydrogens is 454 g/mol. The number of amides is 1. The molecule has 6 nitrogen and oxygen atoms in total. The number of thioether (sulfide) groups is 1. The number of carbonyl (C=O) groups excluding carboxylic acids is 1. The number of hydrogen-bond acceptors (Lipinski definition) is 5. The summed E-state index contributed by atoms with van der Waals surface area (Å²) in [6.07, 6.45) is 0.701. The first-order valence-electron chi connectivity index (χ1n) is 9.34. The van der Waals surface area contributed by atoms with Gasteiger partial charge in [0.2, 0.25) is 5.91 Å². The smallest absolute Gasteiger partial charge is 0.262 e. The molecule has 8 heteroatoms. The first-order valence-corrected chi connectivity index (χ1v) is 11.1. The van der Waals surface area contributed by atoms with E-state index < -0.39 is 0 Å². The van der Waals surface area contributed by atoms with E-state index in [1.807, 2.05) is 49.4 Å². The molecule has 0 saturated carbocycles. The molecular formula is C21H22BrN3O3S. The second-order valence-electron chi connectivity index (χ2n) is 6.26. The van der Waals surface area contributed by atoms with Crippen LogP contribution in [0.4, 0.5) is 5.69 Å². The van der Waals surface area contributed by atoms with Gasteiger partial charge in [-0.1, -0.05) is 39.8 Å². The molecule has 0 fully saturated rings. The normalized spacial score (nSPS) is 11.0. The van der Waals surface area contributed by atoms with Gasteiger partial charge in [0.1, 0.15) is 0 Å². The van der Waals surface area contributed by atoms with E-state index >= 15 is 0 Å². The summed E-state index contributed by atoms with van der Waals surface area (Å²) >= 11 is 4.63. The van der Waals surface area contributed by atoms with Gasteiger partial charge in [0.25, 0.3) is 5.56 Å². The maximum atomic E-state index is 12.9. The number of anilines is 1. The zero-order valence-electron chi connectivity index (χ0n) is 16.1. The van der Waals surface area contributed by atoms with E-state index in [1.165, 1.54) is 11.8 Å². The summed E-state index contributed by atoms with van der Waals surface area (Å²) < 4.78 is 7.97. The Morgan fingerprint density at radius 2 is 1.97 bits per heavy atom. The summed E-state index contributed by atoms with van der Waals surface area (Å²) in [5, 5.41) is 3.97. The third-order valence-electron chi connectivity index (χ3n) is 4.16. The zero-order chi connectivity index (χ0) is 20.6. The average molecular weight is 476 g/mol. The Kier molecular flexibility index (Phi) is 7.85. The van der Waals surface area contributed by atoms with E-state index in [0.717, 1.165) is 10.2 Å². The van der Waals surface area contributed by atoms with Crippen molar-refractivity contribution in [3.05, 3.63) is 63.4 Å². The standard InChI is InChI=1S/C21H22BrN3O3S/c1-2-28-13-5-12-25-20(27)17-6-3-4-7-18(17)24-21(25)29-14-19(26)23-16-10-8-15(22)9-11-16/h3-4,6-11H,2,5,12-14H2,1H3,(H,23,26). The van der Waals surface area contributed by atoms with E-state index in [4.69, 9.17) is 4.74 Å². The highest BCUT2D eigenvalue weighted by Crippen LogP contribution is 2.19. The molecule has 0 spiro atoms. The van der Waals surface area contributed by atoms with Gasteiger partial charge in [0.15, 0.2) is 5.16 Å². The third-order valence-corrected chi connectivity index (χ3v) is 5.67. The molecule has 1 aromatic heterocycles. The van der Waals surface area contributed by atoms with Crippen LogP contribution in [0.25, 0.3) is 10.9 Å². The Bertz CT molecular complexity index is 1040. The molecule has 1 amide bonds. The van der Waals surface area contributed by atoms with E-state index in [-0.39, 0.29) is 17.2 Å². The van der Waals surface area contributed by atoms with E-state index in [2.05, 4.69) is 26.2 Å². The molecule has 0 aliphatic heterocycles. The second-order valence-corrected chi connectivity index (χ2v) is 8.12. The van der Waals surface area contributed by atoms with Crippen molar-refractivity contribution in [2.24, 2.45) is 0 Å². The number of aromatic nitrogens is 2. The molecule has 0 aliphatic rings. The fourth-order valence-electron chi connectivity index (χ4n) is 2.78. The first-order chi connectivity index (χ1) is 14.1. The Morgan fingerprint density at radius 3 is 2.72 bits per heavy atom. The largest absolute Gasteiger partial charge is 0.382 e. The number of fused-ring (bicyclic) bond motifs is 1. The Balaban J connectivity index is 1.76. The molecule has 3 rings (SSSR count). The highest BCUT2D eigenvalue weighted by molar-refractivity contribution is 9.10. The van der Waals surface area contributed by atoms with Crippen LogP contribution >= 0.6 is 27.7 Å². The number of nitrogens with zero attached hydrogens (tertiary/aromatic N) is 2. The quantitative estimate of drug-likeness (QED) is 0.283. The van der Waals surface area contributed by atoms with Gasteiger partial charge in [-0.3, -0.25) is 14.2 Å². The SMILES string of the molecule is CCOCCCn1c(SCC(=O)Nc2ccc(Br)cc2)nc2ccccc2c1=O. The zero-order valence-corrected chi connectivity index (χ0v) is 18.5. The number of hydrogen-bond donors (Lipinski definition) is 1. The van der Waals surface area contributed by atoms with Crippen LogP contribution in [0.2, 0.25) is 0 Å². The summed E-state index contributed by atoms with van der Waals surface area (Å²) in [4.78, 5) is 29.9. The lowest BCUT2D eigenvalue weighted by atomic mass is 10.2. The Morgan fingerprint density at radius 1 is 1.21 bits per heavy atom. The summed E-state index contributed by atoms with van der Waals surface area (Å²) in [6, 6.07) is 14.6. The number of nitrogens with one attached hydrogen (secondary N) is 1. The van der Waals surface area contributed by atoms with E-state index in [9.17, 15) is 9.59 Å². The summed E-state index contributed by atoms with van der Waals surface area (Å²) in [5.41, 5.74) is 1.26. The van der Waals surface area contributed by atoms with E-state index in [1.54, 1.807) is 10.6 Å². The van der Waals surface area contributed by atoms with Crippen LogP contribution in [0.3, 0.4) is 0 Å². The van der Waals surface area contributed by atoms with Crippen molar-refractivity contribution in [1.82, 2.24) is 9.55 Å². The molecule has 0 atom stereocenters. The molecule has 0 radical (unpaired) electrons. The maximum absolute atomic E-state index is 12.9. The van der Waals surface area contributed by atoms with Crippen molar-refractivity contribution >= 4 is 50.2 Å². The predicted molar refractivity (Wildman–Crippen MR) is 121 cm³/mol. The number of carbonyl (C=O) groups is 1. The lowest BCUT2D eigenvalue weighted by Gasteiger charge is -2.13. The van der Waals surface area contributed by atoms with Crippen molar-refractivity contribution in [2.45, 2.75) is 25.0 Å². The van der Waals surface area contributed by atoms with Crippen molar-refractivity contribution in [3.8, 4) is 0 Å². The van der Waals surface area contributed by atoms with Gasteiger partial charge in [-0.25, -0.2) is 4.98 Å². The minimum absolute atomic E-state index is 0.0945. The Labute approximate surface area is 181 Å². The highest BCUT2D eigenvalue weighted by Gasteiger charge is 2.13. The fourth-order valence-corrected chi connectivity index (χ4v) is 3.87. The summed E-state index contributed by atoms with van der Waals surface area (Å²) in [5.74, 6) is 0.00681. The van der Waals surface area contributed by atoms with E-state index in [0.29, 0.717) is 42.2 Å². The minimum atomic E-state index is -0.152. The lowest BCUT2D eigenvalue weighted by molar-refractivity contribution is -0.113. The van der Waals surface area contributed by atoms with Crippen molar-refractivity contribution in [2.75, 3.05) is 24.3 Å². The van der Waals surface area contributed by atoms with Crippen LogP contribution in [-0.2, 0) is 16.1 Å². The number of halogens is 1. The number of benzene rings is 2. The Hall–Kier alpha value is -2.16. The molecule has 1 N–H and O–H groups in total. The van der Waals surface area contributed by atoms with Crippen molar-refractivity contribution in [1.29, 1.82) is 0 Å². The molecule has 152 valence electrons. The molecule has 0 bridgehead atoms. The average Bonchev–Trinajstić information content (AvgIpc) is 2.73. The predicted octanol–water partition coefficient (Wildman–Crippen LogP) is 4.32. The summed E-state index contributed by atoms with van der Waals surface area (Å²) in [7, 11) is 0. The molecule has 1 heterocycles. The van der Waals surface area contributed by atoms with Gasteiger partial charge in [-0.15, -0.1) is 0 Å². The van der Waals surface area contributed by atoms with Gasteiger partial charge < -0.3 is 10.1 Å². The molecule has 0 saturated heterocycles. The van der Waals surface area contributed by atoms with Crippen LogP contribution in [0.5, 0.6) is 0 Å². The number of rotatable bonds is 9. The van der Waals surface area contributed by atoms with Crippen molar-refractivity contribution < 1.29 is 9.53 Å². The van der Waals surface area contributed by atoms with Gasteiger partial charge in [0.05, 0.1) is 16.7 Å². The van der Waals surface area contributed by atoms with Gasteiger partial charge in [0, 0.05) is 29.9 Å². The van der Waals surface area contributed by atoms with Gasteiger partial charge >= 0.3 is 0 Å².